The van der Waals surface area contributed by atoms with Gasteiger partial charge in [-0.05, 0) is 24.6 Å². The third-order valence-corrected chi connectivity index (χ3v) is 4.04. The number of nitrogens with zero attached hydrogens (tertiary/aromatic N) is 1. The second kappa shape index (κ2) is 5.58. The van der Waals surface area contributed by atoms with Crippen molar-refractivity contribution in [1.82, 2.24) is 9.97 Å². The van der Waals surface area contributed by atoms with E-state index in [2.05, 4.69) is 9.97 Å². The fourth-order valence-electron chi connectivity index (χ4n) is 1.57. The van der Waals surface area contributed by atoms with Crippen molar-refractivity contribution in [3.63, 3.8) is 0 Å². The topological polar surface area (TPSA) is 54.7 Å². The van der Waals surface area contributed by atoms with Crippen LogP contribution in [0.15, 0.2) is 41.8 Å². The van der Waals surface area contributed by atoms with Gasteiger partial charge in [-0.1, -0.05) is 35.5 Å². The van der Waals surface area contributed by atoms with Gasteiger partial charge < -0.3 is 10.7 Å². The Morgan fingerprint density at radius 2 is 2.06 bits per heavy atom. The summed E-state index contributed by atoms with van der Waals surface area (Å²) in [4.78, 5) is 7.28. The first-order valence-corrected chi connectivity index (χ1v) is 6.59. The summed E-state index contributed by atoms with van der Waals surface area (Å²) in [5.74, 6) is 0. The van der Waals surface area contributed by atoms with Gasteiger partial charge >= 0.3 is 0 Å². The van der Waals surface area contributed by atoms with Crippen molar-refractivity contribution >= 4 is 23.4 Å². The highest BCUT2D eigenvalue weighted by Crippen LogP contribution is 2.35. The molecule has 0 radical (unpaired) electrons. The zero-order chi connectivity index (χ0) is 12.3. The van der Waals surface area contributed by atoms with Crippen LogP contribution in [0.5, 0.6) is 0 Å². The van der Waals surface area contributed by atoms with Crippen LogP contribution in [0.3, 0.4) is 0 Å². The summed E-state index contributed by atoms with van der Waals surface area (Å²) >= 11 is 7.51. The van der Waals surface area contributed by atoms with Crippen LogP contribution in [0.2, 0.25) is 5.02 Å². The number of benzene rings is 1. The van der Waals surface area contributed by atoms with Gasteiger partial charge in [0.25, 0.3) is 0 Å². The number of rotatable bonds is 4. The zero-order valence-electron chi connectivity index (χ0n) is 9.43. The average molecular weight is 268 g/mol. The Balaban J connectivity index is 2.20. The number of thioether (sulfide) groups is 1. The number of nitrogens with one attached hydrogen (secondary N) is 1. The summed E-state index contributed by atoms with van der Waals surface area (Å²) in [5, 5.41) is 1.78. The number of aromatic amines is 1. The van der Waals surface area contributed by atoms with Crippen LogP contribution >= 0.6 is 23.4 Å². The lowest BCUT2D eigenvalue weighted by molar-refractivity contribution is 0.719. The van der Waals surface area contributed by atoms with E-state index >= 15 is 0 Å². The number of hydrogen-bond donors (Lipinski definition) is 2. The lowest BCUT2D eigenvalue weighted by Gasteiger charge is -2.19. The first-order chi connectivity index (χ1) is 8.16. The van der Waals surface area contributed by atoms with Crippen LogP contribution in [0, 0.1) is 0 Å². The molecule has 0 aliphatic heterocycles. The van der Waals surface area contributed by atoms with Crippen molar-refractivity contribution in [1.29, 1.82) is 0 Å². The van der Waals surface area contributed by atoms with E-state index in [1.165, 1.54) is 0 Å². The molecule has 5 heteroatoms. The fraction of sp³-hybridized carbons (Fsp3) is 0.250. The Bertz CT molecular complexity index is 453. The smallest absolute Gasteiger partial charge is 0.165 e. The van der Waals surface area contributed by atoms with Crippen molar-refractivity contribution < 1.29 is 0 Å². The zero-order valence-corrected chi connectivity index (χ0v) is 11.0. The molecular formula is C12H14ClN3S. The third kappa shape index (κ3) is 3.25. The van der Waals surface area contributed by atoms with Crippen LogP contribution in [-0.2, 0) is 0 Å². The molecule has 17 heavy (non-hydrogen) atoms. The molecule has 0 bridgehead atoms. The molecule has 2 rings (SSSR count). The molecule has 90 valence electrons. The predicted molar refractivity (Wildman–Crippen MR) is 72.3 cm³/mol. The Morgan fingerprint density at radius 3 is 2.59 bits per heavy atom. The van der Waals surface area contributed by atoms with Crippen molar-refractivity contribution in [3.05, 3.63) is 47.2 Å². The summed E-state index contributed by atoms with van der Waals surface area (Å²) in [5.41, 5.74) is 7.19. The maximum Gasteiger partial charge on any atom is 0.165 e. The molecule has 2 unspecified atom stereocenters. The number of nitrogens with two attached hydrogens (primary N) is 1. The SMILES string of the molecule is CC(N)C(Sc1ncc[nH]1)c1ccc(Cl)cc1. The summed E-state index contributed by atoms with van der Waals surface area (Å²) in [6.45, 7) is 2.00. The minimum Gasteiger partial charge on any atom is -0.340 e. The molecule has 0 saturated heterocycles. The van der Waals surface area contributed by atoms with Crippen molar-refractivity contribution in [3.8, 4) is 0 Å². The highest BCUT2D eigenvalue weighted by atomic mass is 35.5. The second-order valence-electron chi connectivity index (χ2n) is 3.84. The average Bonchev–Trinajstić information content (AvgIpc) is 2.80. The van der Waals surface area contributed by atoms with E-state index in [0.29, 0.717) is 0 Å². The van der Waals surface area contributed by atoms with Gasteiger partial charge in [0.15, 0.2) is 5.16 Å². The third-order valence-electron chi connectivity index (χ3n) is 2.39. The normalized spacial score (nSPS) is 14.5. The van der Waals surface area contributed by atoms with Crippen molar-refractivity contribution in [2.75, 3.05) is 0 Å². The molecule has 0 aliphatic carbocycles. The molecule has 1 heterocycles. The molecule has 0 spiro atoms. The van der Waals surface area contributed by atoms with Crippen LogP contribution < -0.4 is 5.73 Å². The number of aromatic nitrogens is 2. The predicted octanol–water partition coefficient (Wildman–Crippen LogP) is 3.24. The Kier molecular flexibility index (Phi) is 4.10. The summed E-state index contributed by atoms with van der Waals surface area (Å²) in [6.07, 6.45) is 3.55. The van der Waals surface area contributed by atoms with Crippen LogP contribution in [0.4, 0.5) is 0 Å². The van der Waals surface area contributed by atoms with E-state index in [0.717, 1.165) is 15.7 Å². The lowest BCUT2D eigenvalue weighted by Crippen LogP contribution is -2.22. The van der Waals surface area contributed by atoms with E-state index in [1.807, 2.05) is 37.4 Å². The maximum atomic E-state index is 6.03. The van der Waals surface area contributed by atoms with Gasteiger partial charge in [0.1, 0.15) is 0 Å². The van der Waals surface area contributed by atoms with Gasteiger partial charge in [-0.3, -0.25) is 0 Å². The Hall–Kier alpha value is -0.970. The molecule has 1 aromatic heterocycles. The molecule has 3 nitrogen and oxygen atoms in total. The lowest BCUT2D eigenvalue weighted by atomic mass is 10.1. The number of halogens is 1. The van der Waals surface area contributed by atoms with Crippen LogP contribution in [0.25, 0.3) is 0 Å². The quantitative estimate of drug-likeness (QED) is 0.836. The molecule has 3 N–H and O–H groups in total. The molecule has 1 aromatic carbocycles. The van der Waals surface area contributed by atoms with Crippen molar-refractivity contribution in [2.24, 2.45) is 5.73 Å². The highest BCUT2D eigenvalue weighted by Gasteiger charge is 2.18. The van der Waals surface area contributed by atoms with Gasteiger partial charge in [-0.15, -0.1) is 0 Å². The maximum absolute atomic E-state index is 6.03. The number of hydrogen-bond acceptors (Lipinski definition) is 3. The second-order valence-corrected chi connectivity index (χ2v) is 5.41. The number of imidazole rings is 1. The van der Waals surface area contributed by atoms with Gasteiger partial charge in [0.05, 0.1) is 5.25 Å². The van der Waals surface area contributed by atoms with Gasteiger partial charge in [-0.25, -0.2) is 4.98 Å². The molecule has 2 aromatic rings. The van der Waals surface area contributed by atoms with E-state index < -0.39 is 0 Å². The van der Waals surface area contributed by atoms with Crippen LogP contribution in [-0.4, -0.2) is 16.0 Å². The minimum atomic E-state index is 0.0336. The van der Waals surface area contributed by atoms with Crippen LogP contribution in [0.1, 0.15) is 17.7 Å². The first-order valence-electron chi connectivity index (χ1n) is 5.34. The molecule has 2 atom stereocenters. The fourth-order valence-corrected chi connectivity index (χ4v) is 2.70. The van der Waals surface area contributed by atoms with E-state index in [4.69, 9.17) is 17.3 Å². The molecular weight excluding hydrogens is 254 g/mol. The highest BCUT2D eigenvalue weighted by molar-refractivity contribution is 7.99. The Morgan fingerprint density at radius 1 is 1.35 bits per heavy atom. The largest absolute Gasteiger partial charge is 0.340 e. The first kappa shape index (κ1) is 12.5. The summed E-state index contributed by atoms with van der Waals surface area (Å²) in [7, 11) is 0. The summed E-state index contributed by atoms with van der Waals surface area (Å²) < 4.78 is 0. The van der Waals surface area contributed by atoms with E-state index in [-0.39, 0.29) is 11.3 Å². The van der Waals surface area contributed by atoms with E-state index in [1.54, 1.807) is 18.0 Å². The van der Waals surface area contributed by atoms with Crippen molar-refractivity contribution in [2.45, 2.75) is 23.4 Å². The Labute approximate surface area is 110 Å². The van der Waals surface area contributed by atoms with Gasteiger partial charge in [0.2, 0.25) is 0 Å². The van der Waals surface area contributed by atoms with Gasteiger partial charge in [-0.2, -0.15) is 0 Å². The monoisotopic (exact) mass is 267 g/mol. The molecule has 0 fully saturated rings. The number of H-pyrrole nitrogens is 1. The van der Waals surface area contributed by atoms with E-state index in [9.17, 15) is 0 Å². The standard InChI is InChI=1S/C12H14ClN3S/c1-8(14)11(17-12-15-6-7-16-12)9-2-4-10(13)5-3-9/h2-8,11H,14H2,1H3,(H,15,16). The molecule has 0 amide bonds. The molecule has 0 aliphatic rings. The molecule has 0 saturated carbocycles. The minimum absolute atomic E-state index is 0.0336. The summed E-state index contributed by atoms with van der Waals surface area (Å²) in [6, 6.07) is 7.81. The van der Waals surface area contributed by atoms with Gasteiger partial charge in [0, 0.05) is 23.5 Å².